The van der Waals surface area contributed by atoms with Crippen LogP contribution in [0.25, 0.3) is 0 Å². The standard InChI is InChI=1S/C12H11NO2/c1-12(2)11-10(14-11)8-5-7(6-13)3-4-9(8)15-12/h3-5,10-11H,1-2H3/t10-,11-/m1/s1. The van der Waals surface area contributed by atoms with E-state index >= 15 is 0 Å². The van der Waals surface area contributed by atoms with Crippen LogP contribution in [-0.2, 0) is 4.74 Å². The quantitative estimate of drug-likeness (QED) is 0.604. The van der Waals surface area contributed by atoms with Crippen LogP contribution in [-0.4, -0.2) is 11.7 Å². The third kappa shape index (κ3) is 1.15. The summed E-state index contributed by atoms with van der Waals surface area (Å²) in [5, 5.41) is 8.81. The van der Waals surface area contributed by atoms with E-state index < -0.39 is 0 Å². The van der Waals surface area contributed by atoms with Gasteiger partial charge in [-0.15, -0.1) is 0 Å². The molecule has 15 heavy (non-hydrogen) atoms. The zero-order valence-corrected chi connectivity index (χ0v) is 8.65. The van der Waals surface area contributed by atoms with E-state index in [0.717, 1.165) is 11.3 Å². The largest absolute Gasteiger partial charge is 0.485 e. The summed E-state index contributed by atoms with van der Waals surface area (Å²) in [6.45, 7) is 4.05. The zero-order valence-electron chi connectivity index (χ0n) is 8.65. The fourth-order valence-corrected chi connectivity index (χ4v) is 2.15. The highest BCUT2D eigenvalue weighted by Crippen LogP contribution is 2.53. The van der Waals surface area contributed by atoms with E-state index in [9.17, 15) is 0 Å². The highest BCUT2D eigenvalue weighted by molar-refractivity contribution is 5.47. The fraction of sp³-hybridized carbons (Fsp3) is 0.417. The van der Waals surface area contributed by atoms with Gasteiger partial charge in [0.05, 0.1) is 11.6 Å². The molecule has 0 amide bonds. The Balaban J connectivity index is 2.10. The predicted octanol–water partition coefficient (Wildman–Crippen LogP) is 2.17. The summed E-state index contributed by atoms with van der Waals surface area (Å²) in [6, 6.07) is 7.61. The van der Waals surface area contributed by atoms with Gasteiger partial charge in [-0.1, -0.05) is 0 Å². The molecule has 2 atom stereocenters. The molecule has 2 aliphatic rings. The maximum absolute atomic E-state index is 8.81. The Bertz CT molecular complexity index is 473. The van der Waals surface area contributed by atoms with Crippen LogP contribution in [0.4, 0.5) is 0 Å². The van der Waals surface area contributed by atoms with Crippen LogP contribution in [0.2, 0.25) is 0 Å². The van der Waals surface area contributed by atoms with E-state index in [1.165, 1.54) is 0 Å². The van der Waals surface area contributed by atoms with E-state index in [-0.39, 0.29) is 17.8 Å². The molecule has 0 aliphatic carbocycles. The minimum absolute atomic E-state index is 0.122. The minimum atomic E-state index is -0.258. The van der Waals surface area contributed by atoms with Crippen LogP contribution < -0.4 is 4.74 Å². The lowest BCUT2D eigenvalue weighted by molar-refractivity contribution is 0.0725. The molecule has 1 saturated heterocycles. The molecular weight excluding hydrogens is 190 g/mol. The molecule has 2 aliphatic heterocycles. The number of ether oxygens (including phenoxy) is 2. The average Bonchev–Trinajstić information content (AvgIpc) is 2.97. The highest BCUT2D eigenvalue weighted by atomic mass is 16.6. The number of hydrogen-bond donors (Lipinski definition) is 0. The lowest BCUT2D eigenvalue weighted by Crippen LogP contribution is -2.37. The first-order valence-corrected chi connectivity index (χ1v) is 5.00. The molecule has 1 aromatic rings. The van der Waals surface area contributed by atoms with Gasteiger partial charge in [-0.3, -0.25) is 0 Å². The number of fused-ring (bicyclic) bond motifs is 3. The topological polar surface area (TPSA) is 45.5 Å². The molecule has 1 fully saturated rings. The van der Waals surface area contributed by atoms with Crippen molar-refractivity contribution in [2.45, 2.75) is 31.7 Å². The second-order valence-corrected chi connectivity index (χ2v) is 4.55. The third-order valence-electron chi connectivity index (χ3n) is 3.00. The predicted molar refractivity (Wildman–Crippen MR) is 53.5 cm³/mol. The van der Waals surface area contributed by atoms with Crippen molar-refractivity contribution in [1.29, 1.82) is 5.26 Å². The summed E-state index contributed by atoms with van der Waals surface area (Å²) < 4.78 is 11.4. The van der Waals surface area contributed by atoms with Gasteiger partial charge in [0.15, 0.2) is 0 Å². The summed E-state index contributed by atoms with van der Waals surface area (Å²) in [5.41, 5.74) is 1.41. The zero-order chi connectivity index (χ0) is 10.6. The number of epoxide rings is 1. The fourth-order valence-electron chi connectivity index (χ4n) is 2.15. The van der Waals surface area contributed by atoms with Crippen molar-refractivity contribution in [3.05, 3.63) is 29.3 Å². The Morgan fingerprint density at radius 3 is 2.93 bits per heavy atom. The first kappa shape index (κ1) is 8.75. The molecule has 0 unspecified atom stereocenters. The van der Waals surface area contributed by atoms with Crippen molar-refractivity contribution in [1.82, 2.24) is 0 Å². The van der Waals surface area contributed by atoms with Crippen LogP contribution in [0.15, 0.2) is 18.2 Å². The Morgan fingerprint density at radius 1 is 1.40 bits per heavy atom. The number of nitriles is 1. The summed E-state index contributed by atoms with van der Waals surface area (Å²) in [5.74, 6) is 0.845. The van der Waals surface area contributed by atoms with Crippen molar-refractivity contribution < 1.29 is 9.47 Å². The molecule has 0 bridgehead atoms. The van der Waals surface area contributed by atoms with Crippen LogP contribution in [0.1, 0.15) is 31.1 Å². The van der Waals surface area contributed by atoms with Gasteiger partial charge in [0.1, 0.15) is 23.6 Å². The first-order valence-electron chi connectivity index (χ1n) is 5.00. The number of hydrogen-bond acceptors (Lipinski definition) is 3. The SMILES string of the molecule is CC1(C)Oc2ccc(C#N)cc2[C@H]2O[C@H]21. The molecule has 3 nitrogen and oxygen atoms in total. The highest BCUT2D eigenvalue weighted by Gasteiger charge is 2.56. The Kier molecular flexibility index (Phi) is 1.48. The molecule has 76 valence electrons. The van der Waals surface area contributed by atoms with Crippen molar-refractivity contribution in [2.75, 3.05) is 0 Å². The van der Waals surface area contributed by atoms with Gasteiger partial charge >= 0.3 is 0 Å². The second-order valence-electron chi connectivity index (χ2n) is 4.55. The summed E-state index contributed by atoms with van der Waals surface area (Å²) in [7, 11) is 0. The van der Waals surface area contributed by atoms with Crippen LogP contribution in [0, 0.1) is 11.3 Å². The molecule has 0 spiro atoms. The van der Waals surface area contributed by atoms with E-state index in [0.29, 0.717) is 5.56 Å². The Labute approximate surface area is 88.2 Å². The van der Waals surface area contributed by atoms with Crippen molar-refractivity contribution >= 4 is 0 Å². The van der Waals surface area contributed by atoms with E-state index in [4.69, 9.17) is 14.7 Å². The van der Waals surface area contributed by atoms with E-state index in [2.05, 4.69) is 6.07 Å². The van der Waals surface area contributed by atoms with Crippen molar-refractivity contribution in [3.63, 3.8) is 0 Å². The first-order chi connectivity index (χ1) is 7.12. The van der Waals surface area contributed by atoms with Gasteiger partial charge in [0.25, 0.3) is 0 Å². The Morgan fingerprint density at radius 2 is 2.20 bits per heavy atom. The lowest BCUT2D eigenvalue weighted by atomic mass is 9.93. The summed E-state index contributed by atoms with van der Waals surface area (Å²) in [4.78, 5) is 0. The summed E-state index contributed by atoms with van der Waals surface area (Å²) in [6.07, 6.45) is 0.260. The van der Waals surface area contributed by atoms with Gasteiger partial charge in [0.2, 0.25) is 0 Å². The molecule has 0 radical (unpaired) electrons. The van der Waals surface area contributed by atoms with Crippen LogP contribution >= 0.6 is 0 Å². The number of benzene rings is 1. The molecule has 2 heterocycles. The van der Waals surface area contributed by atoms with Crippen LogP contribution in [0.5, 0.6) is 5.75 Å². The lowest BCUT2D eigenvalue weighted by Gasteiger charge is -2.29. The van der Waals surface area contributed by atoms with Gasteiger partial charge < -0.3 is 9.47 Å². The molecule has 3 rings (SSSR count). The minimum Gasteiger partial charge on any atom is -0.485 e. The number of rotatable bonds is 0. The molecule has 3 heteroatoms. The van der Waals surface area contributed by atoms with Gasteiger partial charge in [0, 0.05) is 5.56 Å². The monoisotopic (exact) mass is 201 g/mol. The van der Waals surface area contributed by atoms with E-state index in [1.54, 1.807) is 6.07 Å². The Hall–Kier alpha value is -1.53. The maximum Gasteiger partial charge on any atom is 0.132 e. The molecule has 0 N–H and O–H groups in total. The maximum atomic E-state index is 8.81. The normalized spacial score (nSPS) is 29.4. The van der Waals surface area contributed by atoms with Gasteiger partial charge in [-0.25, -0.2) is 0 Å². The average molecular weight is 201 g/mol. The summed E-state index contributed by atoms with van der Waals surface area (Å²) >= 11 is 0. The number of nitrogens with zero attached hydrogens (tertiary/aromatic N) is 1. The van der Waals surface area contributed by atoms with Gasteiger partial charge in [-0.05, 0) is 32.0 Å². The molecule has 0 saturated carbocycles. The van der Waals surface area contributed by atoms with Crippen LogP contribution in [0.3, 0.4) is 0 Å². The smallest absolute Gasteiger partial charge is 0.132 e. The molecule has 0 aromatic heterocycles. The second kappa shape index (κ2) is 2.53. The van der Waals surface area contributed by atoms with Crippen molar-refractivity contribution in [2.24, 2.45) is 0 Å². The van der Waals surface area contributed by atoms with Crippen molar-refractivity contribution in [3.8, 4) is 11.8 Å². The molecular formula is C12H11NO2. The van der Waals surface area contributed by atoms with E-state index in [1.807, 2.05) is 26.0 Å². The molecule has 1 aromatic carbocycles. The third-order valence-corrected chi connectivity index (χ3v) is 3.00. The van der Waals surface area contributed by atoms with Gasteiger partial charge in [-0.2, -0.15) is 5.26 Å².